The summed E-state index contributed by atoms with van der Waals surface area (Å²) in [5.74, 6) is 0.495. The molecule has 0 saturated carbocycles. The summed E-state index contributed by atoms with van der Waals surface area (Å²) in [5.41, 5.74) is 0.977. The van der Waals surface area contributed by atoms with Crippen LogP contribution in [0.3, 0.4) is 0 Å². The fourth-order valence-corrected chi connectivity index (χ4v) is 3.20. The number of carbonyl (C=O) groups is 1. The molecule has 1 N–H and O–H groups in total. The van der Waals surface area contributed by atoms with E-state index in [0.29, 0.717) is 22.9 Å². The predicted octanol–water partition coefficient (Wildman–Crippen LogP) is 3.01. The molecule has 0 atom stereocenters. The number of hydrogen-bond acceptors (Lipinski definition) is 5. The lowest BCUT2D eigenvalue weighted by Crippen LogP contribution is -2.51. The first-order chi connectivity index (χ1) is 13.9. The Morgan fingerprint density at radius 2 is 1.86 bits per heavy atom. The lowest BCUT2D eigenvalue weighted by atomic mass is 10.1. The highest BCUT2D eigenvalue weighted by Gasteiger charge is 2.38. The molecule has 0 bridgehead atoms. The number of aromatic nitrogens is 4. The second-order valence-corrected chi connectivity index (χ2v) is 6.75. The Balaban J connectivity index is 1.47. The van der Waals surface area contributed by atoms with Crippen molar-refractivity contribution in [3.8, 4) is 11.5 Å². The van der Waals surface area contributed by atoms with Crippen LogP contribution in [-0.4, -0.2) is 56.4 Å². The maximum atomic E-state index is 12.5. The molecule has 1 amide bonds. The standard InChI is InChI=1S/C19H17F3N6O/c20-19(21,22)11-27-9-14(10-27)28-12-23-26-17(28)15-7-4-8-16(24-15)25-18(29)13-5-2-1-3-6-13/h1-8,12,14H,9-11H2,(H,24,25,29). The SMILES string of the molecule is O=C(Nc1cccc(-c2nncn2C2CN(CC(F)(F)F)C2)n1)c1ccccc1. The van der Waals surface area contributed by atoms with Gasteiger partial charge in [-0.1, -0.05) is 24.3 Å². The molecule has 10 heteroatoms. The summed E-state index contributed by atoms with van der Waals surface area (Å²) in [7, 11) is 0. The molecule has 1 fully saturated rings. The van der Waals surface area contributed by atoms with Gasteiger partial charge in [0.15, 0.2) is 5.82 Å². The molecule has 0 radical (unpaired) electrons. The Hall–Kier alpha value is -3.27. The minimum Gasteiger partial charge on any atom is -0.307 e. The molecule has 1 saturated heterocycles. The van der Waals surface area contributed by atoms with E-state index in [1.165, 1.54) is 11.2 Å². The third-order valence-corrected chi connectivity index (χ3v) is 4.56. The fraction of sp³-hybridized carbons (Fsp3) is 0.263. The van der Waals surface area contributed by atoms with Crippen LogP contribution in [0.4, 0.5) is 19.0 Å². The summed E-state index contributed by atoms with van der Waals surface area (Å²) < 4.78 is 39.2. The topological polar surface area (TPSA) is 75.9 Å². The van der Waals surface area contributed by atoms with Crippen LogP contribution in [0.25, 0.3) is 11.5 Å². The van der Waals surface area contributed by atoms with Crippen molar-refractivity contribution < 1.29 is 18.0 Å². The van der Waals surface area contributed by atoms with E-state index >= 15 is 0 Å². The summed E-state index contributed by atoms with van der Waals surface area (Å²) in [5, 5.41) is 10.7. The van der Waals surface area contributed by atoms with E-state index < -0.39 is 12.7 Å². The molecule has 4 rings (SSSR count). The van der Waals surface area contributed by atoms with Crippen LogP contribution < -0.4 is 5.32 Å². The average Bonchev–Trinajstić information content (AvgIpc) is 3.14. The smallest absolute Gasteiger partial charge is 0.307 e. The number of alkyl halides is 3. The molecule has 1 aromatic carbocycles. The Kier molecular flexibility index (Phi) is 5.01. The quantitative estimate of drug-likeness (QED) is 0.710. The van der Waals surface area contributed by atoms with Gasteiger partial charge in [-0.15, -0.1) is 10.2 Å². The van der Waals surface area contributed by atoms with E-state index in [2.05, 4.69) is 20.5 Å². The second kappa shape index (κ2) is 7.63. The number of nitrogens with one attached hydrogen (secondary N) is 1. The van der Waals surface area contributed by atoms with Crippen LogP contribution in [0.1, 0.15) is 16.4 Å². The number of rotatable bonds is 5. The number of nitrogens with zero attached hydrogens (tertiary/aromatic N) is 5. The monoisotopic (exact) mass is 402 g/mol. The van der Waals surface area contributed by atoms with Gasteiger partial charge in [-0.05, 0) is 24.3 Å². The Morgan fingerprint density at radius 3 is 2.59 bits per heavy atom. The van der Waals surface area contributed by atoms with Crippen LogP contribution >= 0.6 is 0 Å². The van der Waals surface area contributed by atoms with Gasteiger partial charge in [-0.3, -0.25) is 9.69 Å². The fourth-order valence-electron chi connectivity index (χ4n) is 3.20. The van der Waals surface area contributed by atoms with Crippen molar-refractivity contribution >= 4 is 11.7 Å². The number of likely N-dealkylation sites (tertiary alicyclic amines) is 1. The molecule has 7 nitrogen and oxygen atoms in total. The lowest BCUT2D eigenvalue weighted by molar-refractivity contribution is -0.157. The molecule has 1 aliphatic rings. The number of anilines is 1. The number of carbonyl (C=O) groups excluding carboxylic acids is 1. The average molecular weight is 402 g/mol. The second-order valence-electron chi connectivity index (χ2n) is 6.75. The molecule has 0 unspecified atom stereocenters. The highest BCUT2D eigenvalue weighted by molar-refractivity contribution is 6.03. The first kappa shape index (κ1) is 19.1. The van der Waals surface area contributed by atoms with Crippen LogP contribution in [0, 0.1) is 0 Å². The molecule has 0 spiro atoms. The third-order valence-electron chi connectivity index (χ3n) is 4.56. The van der Waals surface area contributed by atoms with Gasteiger partial charge in [0, 0.05) is 18.7 Å². The maximum Gasteiger partial charge on any atom is 0.401 e. The van der Waals surface area contributed by atoms with Crippen LogP contribution in [0.5, 0.6) is 0 Å². The molecule has 3 aromatic rings. The molecule has 1 aliphatic heterocycles. The van der Waals surface area contributed by atoms with Gasteiger partial charge in [0.2, 0.25) is 0 Å². The molecule has 29 heavy (non-hydrogen) atoms. The first-order valence-electron chi connectivity index (χ1n) is 8.91. The van der Waals surface area contributed by atoms with E-state index in [4.69, 9.17) is 0 Å². The third kappa shape index (κ3) is 4.43. The van der Waals surface area contributed by atoms with Crippen molar-refractivity contribution in [2.45, 2.75) is 12.2 Å². The normalized spacial score (nSPS) is 15.1. The number of halogens is 3. The van der Waals surface area contributed by atoms with Crippen molar-refractivity contribution in [1.29, 1.82) is 0 Å². The first-order valence-corrected chi connectivity index (χ1v) is 8.91. The minimum atomic E-state index is -4.21. The summed E-state index contributed by atoms with van der Waals surface area (Å²) in [6.45, 7) is -0.413. The number of benzene rings is 1. The Bertz CT molecular complexity index is 998. The van der Waals surface area contributed by atoms with Crippen molar-refractivity contribution in [3.63, 3.8) is 0 Å². The van der Waals surface area contributed by atoms with Gasteiger partial charge in [0.25, 0.3) is 5.91 Å². The van der Waals surface area contributed by atoms with E-state index in [1.54, 1.807) is 47.0 Å². The van der Waals surface area contributed by atoms with E-state index in [9.17, 15) is 18.0 Å². The molecule has 150 valence electrons. The number of amides is 1. The van der Waals surface area contributed by atoms with Gasteiger partial charge in [0.1, 0.15) is 17.8 Å². The van der Waals surface area contributed by atoms with Gasteiger partial charge in [-0.25, -0.2) is 4.98 Å². The molecular weight excluding hydrogens is 385 g/mol. The summed E-state index contributed by atoms with van der Waals surface area (Å²) in [4.78, 5) is 18.0. The van der Waals surface area contributed by atoms with Crippen molar-refractivity contribution in [3.05, 3.63) is 60.4 Å². The Labute approximate surface area is 164 Å². The van der Waals surface area contributed by atoms with E-state index in [0.717, 1.165) is 0 Å². The van der Waals surface area contributed by atoms with Gasteiger partial charge < -0.3 is 9.88 Å². The highest BCUT2D eigenvalue weighted by atomic mass is 19.4. The summed E-state index contributed by atoms with van der Waals surface area (Å²) >= 11 is 0. The van der Waals surface area contributed by atoms with E-state index in [-0.39, 0.29) is 25.0 Å². The summed E-state index contributed by atoms with van der Waals surface area (Å²) in [6.07, 6.45) is -2.73. The Morgan fingerprint density at radius 1 is 1.10 bits per heavy atom. The zero-order valence-electron chi connectivity index (χ0n) is 15.2. The van der Waals surface area contributed by atoms with Crippen molar-refractivity contribution in [1.82, 2.24) is 24.6 Å². The largest absolute Gasteiger partial charge is 0.401 e. The molecular formula is C19H17F3N6O. The van der Waals surface area contributed by atoms with E-state index in [1.807, 2.05) is 6.07 Å². The minimum absolute atomic E-state index is 0.160. The zero-order chi connectivity index (χ0) is 20.4. The van der Waals surface area contributed by atoms with Gasteiger partial charge >= 0.3 is 6.18 Å². The highest BCUT2D eigenvalue weighted by Crippen LogP contribution is 2.29. The van der Waals surface area contributed by atoms with Crippen LogP contribution in [-0.2, 0) is 0 Å². The van der Waals surface area contributed by atoms with Gasteiger partial charge in [-0.2, -0.15) is 13.2 Å². The zero-order valence-corrected chi connectivity index (χ0v) is 15.2. The molecule has 0 aliphatic carbocycles. The maximum absolute atomic E-state index is 12.5. The predicted molar refractivity (Wildman–Crippen MR) is 99.2 cm³/mol. The molecule has 3 heterocycles. The molecule has 2 aromatic heterocycles. The number of hydrogen-bond donors (Lipinski definition) is 1. The van der Waals surface area contributed by atoms with Crippen LogP contribution in [0.2, 0.25) is 0 Å². The van der Waals surface area contributed by atoms with Gasteiger partial charge in [0.05, 0.1) is 12.6 Å². The lowest BCUT2D eigenvalue weighted by Gasteiger charge is -2.40. The van der Waals surface area contributed by atoms with Crippen LogP contribution in [0.15, 0.2) is 54.9 Å². The number of pyridine rings is 1. The van der Waals surface area contributed by atoms with Crippen molar-refractivity contribution in [2.24, 2.45) is 0 Å². The summed E-state index contributed by atoms with van der Waals surface area (Å²) in [6, 6.07) is 13.7. The van der Waals surface area contributed by atoms with Crippen molar-refractivity contribution in [2.75, 3.05) is 25.0 Å².